The lowest BCUT2D eigenvalue weighted by Crippen LogP contribution is -2.57. The number of amides is 1. The molecule has 2 bridgehead atoms. The Kier molecular flexibility index (Phi) is 5.38. The van der Waals surface area contributed by atoms with E-state index in [-0.39, 0.29) is 29.1 Å². The standard InChI is InChI=1S/C21H24ClN5O3/c1-21(2,3)30-20(28)27-14-6-13(7-15(27)11-29-10-14)12-4-5-24-17(8-12)16-9-18(22)25-26-19(16)23/h4-6,8-9,14-15H,7,10-11H2,1-3H3,(H2,23,26). The summed E-state index contributed by atoms with van der Waals surface area (Å²) in [6.07, 6.45) is 4.15. The van der Waals surface area contributed by atoms with Gasteiger partial charge in [0.25, 0.3) is 0 Å². The van der Waals surface area contributed by atoms with Crippen molar-refractivity contribution in [2.75, 3.05) is 18.9 Å². The lowest BCUT2D eigenvalue weighted by atomic mass is 9.90. The van der Waals surface area contributed by atoms with E-state index in [4.69, 9.17) is 26.8 Å². The van der Waals surface area contributed by atoms with Crippen LogP contribution in [0.2, 0.25) is 5.15 Å². The second kappa shape index (κ2) is 7.85. The number of nitrogen functional groups attached to an aromatic ring is 1. The molecule has 8 nitrogen and oxygen atoms in total. The Hall–Kier alpha value is -2.71. The number of rotatable bonds is 2. The number of hydrogen-bond acceptors (Lipinski definition) is 7. The number of fused-ring (bicyclic) bond motifs is 2. The topological polar surface area (TPSA) is 103 Å². The van der Waals surface area contributed by atoms with Crippen LogP contribution < -0.4 is 5.73 Å². The quantitative estimate of drug-likeness (QED) is 0.778. The SMILES string of the molecule is CC(C)(C)OC(=O)N1C2C=C(c3ccnc(-c4cc(Cl)nnc4N)c3)CC1COC2. The van der Waals surface area contributed by atoms with E-state index in [9.17, 15) is 4.79 Å². The molecule has 2 atom stereocenters. The maximum absolute atomic E-state index is 12.7. The van der Waals surface area contributed by atoms with Gasteiger partial charge in [0.1, 0.15) is 5.60 Å². The second-order valence-electron chi connectivity index (χ2n) is 8.44. The van der Waals surface area contributed by atoms with E-state index in [0.717, 1.165) is 11.1 Å². The van der Waals surface area contributed by atoms with Gasteiger partial charge in [0, 0.05) is 11.8 Å². The normalized spacial score (nSPS) is 21.2. The largest absolute Gasteiger partial charge is 0.444 e. The monoisotopic (exact) mass is 429 g/mol. The molecule has 158 valence electrons. The van der Waals surface area contributed by atoms with Crippen LogP contribution in [0, 0.1) is 0 Å². The highest BCUT2D eigenvalue weighted by Crippen LogP contribution is 2.35. The van der Waals surface area contributed by atoms with E-state index >= 15 is 0 Å². The van der Waals surface area contributed by atoms with Gasteiger partial charge in [-0.1, -0.05) is 17.7 Å². The number of pyridine rings is 1. The highest BCUT2D eigenvalue weighted by Gasteiger charge is 2.40. The van der Waals surface area contributed by atoms with E-state index in [1.54, 1.807) is 17.2 Å². The number of nitrogens with two attached hydrogens (primary N) is 1. The van der Waals surface area contributed by atoms with E-state index in [0.29, 0.717) is 30.9 Å². The first-order chi connectivity index (χ1) is 14.2. The summed E-state index contributed by atoms with van der Waals surface area (Å²) in [6.45, 7) is 6.52. The number of carbonyl (C=O) groups is 1. The molecule has 30 heavy (non-hydrogen) atoms. The van der Waals surface area contributed by atoms with Gasteiger partial charge in [-0.3, -0.25) is 9.88 Å². The molecule has 0 aromatic carbocycles. The third-order valence-corrected chi connectivity index (χ3v) is 5.19. The molecule has 1 amide bonds. The number of anilines is 1. The van der Waals surface area contributed by atoms with Crippen LogP contribution in [-0.2, 0) is 9.47 Å². The Bertz CT molecular complexity index is 1000. The molecule has 2 N–H and O–H groups in total. The first-order valence-corrected chi connectivity index (χ1v) is 10.1. The smallest absolute Gasteiger partial charge is 0.411 e. The van der Waals surface area contributed by atoms with E-state index in [1.807, 2.05) is 32.9 Å². The van der Waals surface area contributed by atoms with Crippen molar-refractivity contribution >= 4 is 29.1 Å². The van der Waals surface area contributed by atoms with Gasteiger partial charge >= 0.3 is 6.09 Å². The van der Waals surface area contributed by atoms with Crippen LogP contribution in [0.1, 0.15) is 32.8 Å². The zero-order chi connectivity index (χ0) is 21.5. The summed E-state index contributed by atoms with van der Waals surface area (Å²) in [6, 6.07) is 5.29. The van der Waals surface area contributed by atoms with Crippen LogP contribution in [-0.4, -0.2) is 57.1 Å². The van der Waals surface area contributed by atoms with Gasteiger partial charge in [-0.15, -0.1) is 10.2 Å². The molecule has 2 aliphatic rings. The molecule has 0 saturated carbocycles. The molecule has 0 spiro atoms. The van der Waals surface area contributed by atoms with Gasteiger partial charge in [0.05, 0.1) is 31.0 Å². The number of ether oxygens (including phenoxy) is 2. The van der Waals surface area contributed by atoms with Crippen molar-refractivity contribution in [3.8, 4) is 11.3 Å². The van der Waals surface area contributed by atoms with E-state index in [2.05, 4.69) is 21.3 Å². The minimum Gasteiger partial charge on any atom is -0.444 e. The van der Waals surface area contributed by atoms with Crippen molar-refractivity contribution < 1.29 is 14.3 Å². The van der Waals surface area contributed by atoms with Crippen LogP contribution in [0.3, 0.4) is 0 Å². The minimum absolute atomic E-state index is 0.0858. The van der Waals surface area contributed by atoms with Crippen LogP contribution in [0.5, 0.6) is 0 Å². The van der Waals surface area contributed by atoms with Crippen molar-refractivity contribution in [1.29, 1.82) is 0 Å². The predicted octanol–water partition coefficient (Wildman–Crippen LogP) is 3.57. The van der Waals surface area contributed by atoms with Gasteiger partial charge in [-0.2, -0.15) is 0 Å². The maximum atomic E-state index is 12.7. The number of aromatic nitrogens is 3. The summed E-state index contributed by atoms with van der Waals surface area (Å²) < 4.78 is 11.3. The molecule has 2 unspecified atom stereocenters. The molecule has 4 heterocycles. The Labute approximate surface area is 180 Å². The maximum Gasteiger partial charge on any atom is 0.411 e. The fourth-order valence-electron chi connectivity index (χ4n) is 3.77. The third-order valence-electron chi connectivity index (χ3n) is 5.00. The van der Waals surface area contributed by atoms with Crippen molar-refractivity contribution in [3.05, 3.63) is 41.2 Å². The van der Waals surface area contributed by atoms with Crippen LogP contribution in [0.15, 0.2) is 30.5 Å². The molecule has 4 rings (SSSR count). The Morgan fingerprint density at radius 3 is 2.83 bits per heavy atom. The summed E-state index contributed by atoms with van der Waals surface area (Å²) in [5.74, 6) is 0.267. The predicted molar refractivity (Wildman–Crippen MR) is 114 cm³/mol. The molecular formula is C21H24ClN5O3. The van der Waals surface area contributed by atoms with Crippen molar-refractivity contribution in [3.63, 3.8) is 0 Å². The summed E-state index contributed by atoms with van der Waals surface area (Å²) in [5.41, 5.74) is 8.85. The molecule has 2 aromatic heterocycles. The minimum atomic E-state index is -0.546. The van der Waals surface area contributed by atoms with Crippen molar-refractivity contribution in [1.82, 2.24) is 20.1 Å². The van der Waals surface area contributed by atoms with Crippen LogP contribution >= 0.6 is 11.6 Å². The van der Waals surface area contributed by atoms with E-state index in [1.165, 1.54) is 0 Å². The Morgan fingerprint density at radius 2 is 2.10 bits per heavy atom. The summed E-state index contributed by atoms with van der Waals surface area (Å²) in [4.78, 5) is 19.0. The fraction of sp³-hybridized carbons (Fsp3) is 0.429. The molecule has 2 aromatic rings. The summed E-state index contributed by atoms with van der Waals surface area (Å²) >= 11 is 5.98. The van der Waals surface area contributed by atoms with Gasteiger partial charge in [-0.25, -0.2) is 4.79 Å². The first-order valence-electron chi connectivity index (χ1n) is 9.76. The number of hydrogen-bond donors (Lipinski definition) is 1. The third kappa shape index (κ3) is 4.24. The fourth-order valence-corrected chi connectivity index (χ4v) is 3.92. The zero-order valence-corrected chi connectivity index (χ0v) is 17.9. The Balaban J connectivity index is 1.64. The Morgan fingerprint density at radius 1 is 1.30 bits per heavy atom. The lowest BCUT2D eigenvalue weighted by Gasteiger charge is -2.44. The lowest BCUT2D eigenvalue weighted by molar-refractivity contribution is -0.0510. The number of nitrogens with zero attached hydrogens (tertiary/aromatic N) is 4. The average molecular weight is 430 g/mol. The molecule has 0 aliphatic carbocycles. The van der Waals surface area contributed by atoms with Gasteiger partial charge < -0.3 is 15.2 Å². The summed E-state index contributed by atoms with van der Waals surface area (Å²) in [7, 11) is 0. The highest BCUT2D eigenvalue weighted by molar-refractivity contribution is 6.29. The molecular weight excluding hydrogens is 406 g/mol. The zero-order valence-electron chi connectivity index (χ0n) is 17.1. The molecule has 1 saturated heterocycles. The van der Waals surface area contributed by atoms with Gasteiger partial charge in [0.15, 0.2) is 11.0 Å². The van der Waals surface area contributed by atoms with Crippen LogP contribution in [0.4, 0.5) is 10.6 Å². The molecule has 0 radical (unpaired) electrons. The van der Waals surface area contributed by atoms with Crippen molar-refractivity contribution in [2.45, 2.75) is 44.9 Å². The van der Waals surface area contributed by atoms with E-state index < -0.39 is 5.60 Å². The number of morpholine rings is 1. The summed E-state index contributed by atoms with van der Waals surface area (Å²) in [5, 5.41) is 7.88. The van der Waals surface area contributed by atoms with Crippen molar-refractivity contribution in [2.24, 2.45) is 0 Å². The number of halogens is 1. The van der Waals surface area contributed by atoms with Crippen LogP contribution in [0.25, 0.3) is 16.8 Å². The molecule has 1 fully saturated rings. The highest BCUT2D eigenvalue weighted by atomic mass is 35.5. The van der Waals surface area contributed by atoms with Gasteiger partial charge in [0.2, 0.25) is 0 Å². The average Bonchev–Trinajstić information content (AvgIpc) is 2.67. The molecule has 2 aliphatic heterocycles. The molecule has 9 heteroatoms. The van der Waals surface area contributed by atoms with Gasteiger partial charge in [-0.05, 0) is 56.5 Å². The first kappa shape index (κ1) is 20.6. The number of carbonyl (C=O) groups excluding carboxylic acids is 1. The second-order valence-corrected chi connectivity index (χ2v) is 8.83.